The second kappa shape index (κ2) is 8.51. The summed E-state index contributed by atoms with van der Waals surface area (Å²) >= 11 is -0.654. The van der Waals surface area contributed by atoms with E-state index in [0.29, 0.717) is 11.3 Å². The molecule has 1 unspecified atom stereocenters. The predicted molar refractivity (Wildman–Crippen MR) is 118 cm³/mol. The van der Waals surface area contributed by atoms with Crippen LogP contribution in [0.1, 0.15) is 26.4 Å². The number of nitrogens with two attached hydrogens (primary N) is 1. The van der Waals surface area contributed by atoms with Gasteiger partial charge in [0, 0.05) is 0 Å². The number of carbonyl (C=O) groups excluding carboxylic acids is 2. The van der Waals surface area contributed by atoms with Crippen LogP contribution in [0.2, 0.25) is 0 Å². The molecule has 4 rings (SSSR count). The van der Waals surface area contributed by atoms with E-state index in [4.69, 9.17) is 5.73 Å². The third-order valence-electron chi connectivity index (χ3n) is 4.61. The Labute approximate surface area is 180 Å². The fraction of sp³-hybridized carbons (Fsp3) is 0.0909. The summed E-state index contributed by atoms with van der Waals surface area (Å²) in [4.78, 5) is 28.3. The maximum atomic E-state index is 12.9. The zero-order chi connectivity index (χ0) is 21.1. The van der Waals surface area contributed by atoms with Gasteiger partial charge in [0.2, 0.25) is 0 Å². The van der Waals surface area contributed by atoms with Gasteiger partial charge in [0.05, 0.1) is 0 Å². The average Bonchev–Trinajstić information content (AvgIpc) is 3.12. The molecule has 0 aliphatic heterocycles. The fourth-order valence-electron chi connectivity index (χ4n) is 3.17. The average molecular weight is 461 g/mol. The number of rotatable bonds is 6. The minimum absolute atomic E-state index is 0.141. The van der Waals surface area contributed by atoms with Crippen LogP contribution in [0.25, 0.3) is 10.9 Å². The maximum absolute atomic E-state index is 12.9. The number of primary amides is 1. The summed E-state index contributed by atoms with van der Waals surface area (Å²) in [6.07, 6.45) is 3.53. The van der Waals surface area contributed by atoms with Gasteiger partial charge in [-0.2, -0.15) is 0 Å². The molecule has 0 spiro atoms. The topological polar surface area (TPSA) is 103 Å². The summed E-state index contributed by atoms with van der Waals surface area (Å²) in [6.45, 7) is 0. The van der Waals surface area contributed by atoms with Crippen LogP contribution in [-0.4, -0.2) is 42.3 Å². The van der Waals surface area contributed by atoms with E-state index in [-0.39, 0.29) is 11.6 Å². The number of hydrogen-bond donors (Lipinski definition) is 2. The van der Waals surface area contributed by atoms with Crippen molar-refractivity contribution in [2.24, 2.45) is 12.8 Å². The molecule has 7 nitrogen and oxygen atoms in total. The van der Waals surface area contributed by atoms with Crippen molar-refractivity contribution in [2.75, 3.05) is 5.32 Å². The van der Waals surface area contributed by atoms with Crippen molar-refractivity contribution < 1.29 is 9.59 Å². The number of hydrogen-bond acceptors (Lipinski definition) is 4. The molecule has 2 amide bonds. The minimum atomic E-state index is -0.654. The number of carbonyl (C=O) groups is 2. The van der Waals surface area contributed by atoms with E-state index in [1.807, 2.05) is 61.8 Å². The SMILES string of the molecule is Cn1cc2ccc(NC(=O)c3ccccc3[AsH]Cc3ccnc(C(N)=O)c3)cc2n1. The second-order valence-electron chi connectivity index (χ2n) is 6.84. The number of pyridine rings is 1. The number of nitrogens with one attached hydrogen (secondary N) is 1. The van der Waals surface area contributed by atoms with E-state index in [9.17, 15) is 9.59 Å². The third-order valence-corrected chi connectivity index (χ3v) is 7.55. The molecule has 8 heteroatoms. The normalized spacial score (nSPS) is 11.2. The second-order valence-corrected chi connectivity index (χ2v) is 9.46. The first-order chi connectivity index (χ1) is 14.5. The van der Waals surface area contributed by atoms with E-state index in [1.165, 1.54) is 0 Å². The predicted octanol–water partition coefficient (Wildman–Crippen LogP) is 1.58. The summed E-state index contributed by atoms with van der Waals surface area (Å²) in [5, 5.41) is 9.18. The molecule has 1 atom stereocenters. The summed E-state index contributed by atoms with van der Waals surface area (Å²) in [5.41, 5.74) is 8.78. The van der Waals surface area contributed by atoms with Crippen LogP contribution in [0, 0.1) is 0 Å². The van der Waals surface area contributed by atoms with Gasteiger partial charge in [0.1, 0.15) is 0 Å². The van der Waals surface area contributed by atoms with Gasteiger partial charge in [-0.3, -0.25) is 0 Å². The van der Waals surface area contributed by atoms with Gasteiger partial charge in [-0.25, -0.2) is 0 Å². The molecule has 0 aliphatic rings. The van der Waals surface area contributed by atoms with Gasteiger partial charge >= 0.3 is 180 Å². The fourth-order valence-corrected chi connectivity index (χ4v) is 5.72. The van der Waals surface area contributed by atoms with Crippen LogP contribution in [0.15, 0.2) is 67.0 Å². The number of anilines is 1. The van der Waals surface area contributed by atoms with Crippen LogP contribution in [0.5, 0.6) is 0 Å². The van der Waals surface area contributed by atoms with Crippen LogP contribution >= 0.6 is 0 Å². The number of fused-ring (bicyclic) bond motifs is 1. The van der Waals surface area contributed by atoms with Gasteiger partial charge in [-0.15, -0.1) is 0 Å². The van der Waals surface area contributed by atoms with Crippen LogP contribution in [0.3, 0.4) is 0 Å². The Kier molecular flexibility index (Phi) is 5.63. The van der Waals surface area contributed by atoms with Crippen molar-refractivity contribution in [3.63, 3.8) is 0 Å². The molecule has 4 aromatic rings. The van der Waals surface area contributed by atoms with Crippen LogP contribution in [-0.2, 0) is 12.3 Å². The molecule has 0 bridgehead atoms. The Morgan fingerprint density at radius 2 is 1.97 bits per heavy atom. The molecule has 2 heterocycles. The van der Waals surface area contributed by atoms with Crippen molar-refractivity contribution in [3.8, 4) is 0 Å². The first-order valence-corrected chi connectivity index (χ1v) is 11.9. The molecular weight excluding hydrogens is 441 g/mol. The van der Waals surface area contributed by atoms with E-state index < -0.39 is 21.7 Å². The molecule has 30 heavy (non-hydrogen) atoms. The van der Waals surface area contributed by atoms with Crippen molar-refractivity contribution in [1.82, 2.24) is 14.8 Å². The molecule has 150 valence electrons. The Balaban J connectivity index is 1.51. The van der Waals surface area contributed by atoms with E-state index in [0.717, 1.165) is 26.0 Å². The van der Waals surface area contributed by atoms with Gasteiger partial charge in [0.25, 0.3) is 0 Å². The van der Waals surface area contributed by atoms with Crippen molar-refractivity contribution >= 4 is 48.5 Å². The monoisotopic (exact) mass is 461 g/mol. The zero-order valence-corrected chi connectivity index (χ0v) is 18.4. The number of benzene rings is 2. The van der Waals surface area contributed by atoms with Crippen LogP contribution in [0.4, 0.5) is 5.69 Å². The van der Waals surface area contributed by atoms with Crippen molar-refractivity contribution in [1.29, 1.82) is 0 Å². The third kappa shape index (κ3) is 4.42. The first kappa shape index (κ1) is 19.9. The van der Waals surface area contributed by atoms with Gasteiger partial charge in [-0.1, -0.05) is 0 Å². The van der Waals surface area contributed by atoms with Crippen LogP contribution < -0.4 is 15.4 Å². The molecule has 0 fully saturated rings. The van der Waals surface area contributed by atoms with E-state index in [2.05, 4.69) is 15.4 Å². The Morgan fingerprint density at radius 3 is 2.80 bits per heavy atom. The molecular formula is C22H20AsN5O2. The summed E-state index contributed by atoms with van der Waals surface area (Å²) in [6, 6.07) is 16.9. The number of nitrogens with zero attached hydrogens (tertiary/aromatic N) is 3. The van der Waals surface area contributed by atoms with E-state index >= 15 is 0 Å². The standard InChI is InChI=1S/C22H20AsN5O2/c1-28-13-15-6-7-16(11-19(15)27-28)26-22(30)17-4-2-3-5-18(17)23-12-14-8-9-25-20(10-14)21(24)29/h2-11,13,23H,12H2,1H3,(H2,24,29)(H,26,30). The van der Waals surface area contributed by atoms with E-state index in [1.54, 1.807) is 16.9 Å². The van der Waals surface area contributed by atoms with Crippen molar-refractivity contribution in [3.05, 3.63) is 83.8 Å². The quantitative estimate of drug-likeness (QED) is 0.426. The van der Waals surface area contributed by atoms with Gasteiger partial charge in [0.15, 0.2) is 0 Å². The molecule has 2 aromatic heterocycles. The van der Waals surface area contributed by atoms with Crippen molar-refractivity contribution in [2.45, 2.75) is 5.21 Å². The molecule has 0 saturated heterocycles. The van der Waals surface area contributed by atoms with Gasteiger partial charge < -0.3 is 0 Å². The first-order valence-electron chi connectivity index (χ1n) is 9.32. The molecule has 2 aromatic carbocycles. The Bertz CT molecular complexity index is 1250. The summed E-state index contributed by atoms with van der Waals surface area (Å²) < 4.78 is 2.80. The molecule has 0 saturated carbocycles. The molecule has 3 N–H and O–H groups in total. The molecule has 0 radical (unpaired) electrons. The zero-order valence-electron chi connectivity index (χ0n) is 16.3. The summed E-state index contributed by atoms with van der Waals surface area (Å²) in [7, 11) is 1.87. The number of aromatic nitrogens is 3. The molecule has 0 aliphatic carbocycles. The Hall–Kier alpha value is -3.44. The Morgan fingerprint density at radius 1 is 1.13 bits per heavy atom. The van der Waals surface area contributed by atoms with Gasteiger partial charge in [-0.05, 0) is 0 Å². The summed E-state index contributed by atoms with van der Waals surface area (Å²) in [5.74, 6) is -0.682. The number of amides is 2. The number of aryl methyl sites for hydroxylation is 1.